The predicted molar refractivity (Wildman–Crippen MR) is 99.7 cm³/mol. The molecule has 2 amide bonds. The molecule has 1 saturated heterocycles. The molecule has 8 heteroatoms. The topological polar surface area (TPSA) is 95.5 Å². The summed E-state index contributed by atoms with van der Waals surface area (Å²) >= 11 is 0. The molecular formula is C19H22N4O4. The van der Waals surface area contributed by atoms with Gasteiger partial charge in [-0.3, -0.25) is 19.2 Å². The average molecular weight is 370 g/mol. The number of rotatable bonds is 3. The molecule has 1 aliphatic heterocycles. The van der Waals surface area contributed by atoms with Crippen LogP contribution in [-0.4, -0.2) is 57.3 Å². The van der Waals surface area contributed by atoms with E-state index in [0.717, 1.165) is 12.8 Å². The lowest BCUT2D eigenvalue weighted by Crippen LogP contribution is -2.51. The van der Waals surface area contributed by atoms with Gasteiger partial charge in [-0.05, 0) is 38.0 Å². The van der Waals surface area contributed by atoms with Crippen molar-refractivity contribution in [1.29, 1.82) is 0 Å². The number of amides is 2. The number of aromatic amines is 1. The Kier molecular flexibility index (Phi) is 4.33. The van der Waals surface area contributed by atoms with Crippen molar-refractivity contribution >= 4 is 22.8 Å². The number of aryl methyl sites for hydroxylation is 1. The van der Waals surface area contributed by atoms with Crippen LogP contribution in [0.25, 0.3) is 11.0 Å². The second-order valence-corrected chi connectivity index (χ2v) is 7.13. The van der Waals surface area contributed by atoms with E-state index in [2.05, 4.69) is 4.98 Å². The first-order valence-corrected chi connectivity index (χ1v) is 9.34. The van der Waals surface area contributed by atoms with Gasteiger partial charge in [0.15, 0.2) is 0 Å². The molecule has 4 rings (SSSR count). The van der Waals surface area contributed by atoms with Gasteiger partial charge < -0.3 is 19.4 Å². The van der Waals surface area contributed by atoms with Crippen molar-refractivity contribution in [2.75, 3.05) is 26.2 Å². The van der Waals surface area contributed by atoms with Crippen LogP contribution in [-0.2, 0) is 11.3 Å². The summed E-state index contributed by atoms with van der Waals surface area (Å²) in [5.74, 6) is 0.272. The van der Waals surface area contributed by atoms with E-state index in [9.17, 15) is 19.2 Å². The van der Waals surface area contributed by atoms with E-state index in [1.165, 1.54) is 4.57 Å². The minimum Gasteiger partial charge on any atom is -0.339 e. The van der Waals surface area contributed by atoms with Gasteiger partial charge in [0.25, 0.3) is 5.91 Å². The van der Waals surface area contributed by atoms with Gasteiger partial charge in [-0.15, -0.1) is 0 Å². The number of aromatic nitrogens is 2. The van der Waals surface area contributed by atoms with Gasteiger partial charge in [0.1, 0.15) is 0 Å². The maximum Gasteiger partial charge on any atom is 0.316 e. The van der Waals surface area contributed by atoms with Crippen molar-refractivity contribution in [3.63, 3.8) is 0 Å². The highest BCUT2D eigenvalue weighted by Gasteiger charge is 2.35. The lowest BCUT2D eigenvalue weighted by Gasteiger charge is -2.35. The number of carbonyl (C=O) groups excluding carboxylic acids is 2. The predicted octanol–water partition coefficient (Wildman–Crippen LogP) is 0.404. The third kappa shape index (κ3) is 3.15. The zero-order valence-corrected chi connectivity index (χ0v) is 15.2. The molecule has 2 heterocycles. The number of nitrogens with one attached hydrogen (secondary N) is 1. The van der Waals surface area contributed by atoms with Crippen molar-refractivity contribution in [2.24, 2.45) is 5.92 Å². The largest absolute Gasteiger partial charge is 0.339 e. The van der Waals surface area contributed by atoms with Gasteiger partial charge in [-0.25, -0.2) is 0 Å². The lowest BCUT2D eigenvalue weighted by atomic mass is 10.1. The molecule has 0 radical (unpaired) electrons. The normalized spacial score (nSPS) is 17.4. The third-order valence-electron chi connectivity index (χ3n) is 5.34. The molecule has 2 fully saturated rings. The van der Waals surface area contributed by atoms with Crippen LogP contribution in [0.3, 0.4) is 0 Å². The number of hydrogen-bond acceptors (Lipinski definition) is 4. The molecule has 27 heavy (non-hydrogen) atoms. The Hall–Kier alpha value is -2.90. The maximum absolute atomic E-state index is 12.8. The second kappa shape index (κ2) is 6.68. The molecule has 142 valence electrons. The maximum atomic E-state index is 12.8. The first-order chi connectivity index (χ1) is 13.0. The van der Waals surface area contributed by atoms with E-state index in [4.69, 9.17) is 0 Å². The van der Waals surface area contributed by atoms with Gasteiger partial charge in [-0.2, -0.15) is 0 Å². The number of nitrogens with zero attached hydrogens (tertiary/aromatic N) is 3. The summed E-state index contributed by atoms with van der Waals surface area (Å²) in [5, 5.41) is 0. The van der Waals surface area contributed by atoms with Crippen molar-refractivity contribution in [1.82, 2.24) is 19.4 Å². The second-order valence-electron chi connectivity index (χ2n) is 7.13. The Labute approximate surface area is 155 Å². The van der Waals surface area contributed by atoms with Gasteiger partial charge in [-0.1, -0.05) is 0 Å². The van der Waals surface area contributed by atoms with Crippen LogP contribution in [0.2, 0.25) is 0 Å². The molecule has 1 aromatic heterocycles. The highest BCUT2D eigenvalue weighted by Crippen LogP contribution is 2.31. The first-order valence-electron chi connectivity index (χ1n) is 9.34. The quantitative estimate of drug-likeness (QED) is 0.792. The zero-order chi connectivity index (χ0) is 19.1. The van der Waals surface area contributed by atoms with Crippen molar-refractivity contribution in [3.05, 3.63) is 44.5 Å². The van der Waals surface area contributed by atoms with Crippen molar-refractivity contribution in [3.8, 4) is 0 Å². The van der Waals surface area contributed by atoms with Gasteiger partial charge in [0, 0.05) is 44.2 Å². The van der Waals surface area contributed by atoms with Crippen LogP contribution in [0, 0.1) is 5.92 Å². The highest BCUT2D eigenvalue weighted by atomic mass is 16.2. The fourth-order valence-electron chi connectivity index (χ4n) is 3.63. The Morgan fingerprint density at radius 2 is 1.74 bits per heavy atom. The Balaban J connectivity index is 1.55. The molecule has 0 spiro atoms. The van der Waals surface area contributed by atoms with E-state index in [0.29, 0.717) is 49.3 Å². The molecular weight excluding hydrogens is 348 g/mol. The third-order valence-corrected chi connectivity index (χ3v) is 5.34. The molecule has 8 nitrogen and oxygen atoms in total. The Morgan fingerprint density at radius 3 is 2.37 bits per heavy atom. The van der Waals surface area contributed by atoms with Crippen LogP contribution in [0.5, 0.6) is 0 Å². The fraction of sp³-hybridized carbons (Fsp3) is 0.474. The average Bonchev–Trinajstić information content (AvgIpc) is 3.53. The molecule has 2 aliphatic rings. The van der Waals surface area contributed by atoms with Crippen molar-refractivity contribution < 1.29 is 9.59 Å². The Bertz CT molecular complexity index is 1030. The zero-order valence-electron chi connectivity index (χ0n) is 15.2. The van der Waals surface area contributed by atoms with E-state index < -0.39 is 11.1 Å². The number of fused-ring (bicyclic) bond motifs is 1. The summed E-state index contributed by atoms with van der Waals surface area (Å²) in [6, 6.07) is 4.99. The molecule has 0 bridgehead atoms. The fourth-order valence-corrected chi connectivity index (χ4v) is 3.63. The lowest BCUT2D eigenvalue weighted by molar-refractivity contribution is -0.134. The molecule has 1 saturated carbocycles. The summed E-state index contributed by atoms with van der Waals surface area (Å²) < 4.78 is 1.39. The minimum absolute atomic E-state index is 0.134. The number of piperazine rings is 1. The van der Waals surface area contributed by atoms with Crippen LogP contribution < -0.4 is 11.1 Å². The molecule has 0 atom stereocenters. The number of H-pyrrole nitrogens is 1. The van der Waals surface area contributed by atoms with Gasteiger partial charge in [0.05, 0.1) is 11.0 Å². The summed E-state index contributed by atoms with van der Waals surface area (Å²) in [4.78, 5) is 54.9. The van der Waals surface area contributed by atoms with E-state index >= 15 is 0 Å². The van der Waals surface area contributed by atoms with Crippen LogP contribution in [0.4, 0.5) is 0 Å². The monoisotopic (exact) mass is 370 g/mol. The van der Waals surface area contributed by atoms with E-state index in [1.54, 1.807) is 30.0 Å². The smallest absolute Gasteiger partial charge is 0.316 e. The number of carbonyl (C=O) groups is 2. The molecule has 1 N–H and O–H groups in total. The van der Waals surface area contributed by atoms with E-state index in [1.807, 2.05) is 4.90 Å². The minimum atomic E-state index is -0.693. The SMILES string of the molecule is CCn1c(=O)c(=O)[nH]c2cc(C(=O)N3CCN(C(=O)C4CC4)CC3)ccc21. The van der Waals surface area contributed by atoms with E-state index in [-0.39, 0.29) is 17.7 Å². The van der Waals surface area contributed by atoms with Crippen LogP contribution in [0.1, 0.15) is 30.1 Å². The molecule has 1 aromatic carbocycles. The molecule has 0 unspecified atom stereocenters. The van der Waals surface area contributed by atoms with Crippen LogP contribution >= 0.6 is 0 Å². The standard InChI is InChI=1S/C19H22N4O4/c1-2-23-15-6-5-13(11-14(15)20-16(24)19(23)27)18(26)22-9-7-21(8-10-22)17(25)12-3-4-12/h5-6,11-12H,2-4,7-10H2,1H3,(H,20,24). The summed E-state index contributed by atoms with van der Waals surface area (Å²) in [6.45, 7) is 4.29. The number of benzene rings is 1. The molecule has 2 aromatic rings. The summed E-state index contributed by atoms with van der Waals surface area (Å²) in [5.41, 5.74) is 0.233. The summed E-state index contributed by atoms with van der Waals surface area (Å²) in [7, 11) is 0. The molecule has 1 aliphatic carbocycles. The first kappa shape index (κ1) is 17.5. The van der Waals surface area contributed by atoms with Gasteiger partial charge in [0.2, 0.25) is 5.91 Å². The number of hydrogen-bond donors (Lipinski definition) is 1. The summed E-state index contributed by atoms with van der Waals surface area (Å²) in [6.07, 6.45) is 1.96. The van der Waals surface area contributed by atoms with Crippen LogP contribution in [0.15, 0.2) is 27.8 Å². The van der Waals surface area contributed by atoms with Crippen molar-refractivity contribution in [2.45, 2.75) is 26.3 Å². The van der Waals surface area contributed by atoms with Gasteiger partial charge >= 0.3 is 11.1 Å². The highest BCUT2D eigenvalue weighted by molar-refractivity contribution is 5.97. The Morgan fingerprint density at radius 1 is 1.07 bits per heavy atom.